The van der Waals surface area contributed by atoms with E-state index in [1.165, 1.54) is 0 Å². The summed E-state index contributed by atoms with van der Waals surface area (Å²) in [6.07, 6.45) is 0.521. The number of rotatable bonds is 1. The van der Waals surface area contributed by atoms with Gasteiger partial charge in [-0.1, -0.05) is 5.16 Å². The van der Waals surface area contributed by atoms with Gasteiger partial charge in [0.15, 0.2) is 0 Å². The highest BCUT2D eigenvalue weighted by molar-refractivity contribution is 5.86. The van der Waals surface area contributed by atoms with Crippen LogP contribution in [0.5, 0.6) is 0 Å². The van der Waals surface area contributed by atoms with Crippen LogP contribution in [0.4, 0.5) is 0 Å². The Morgan fingerprint density at radius 2 is 2.29 bits per heavy atom. The zero-order chi connectivity index (χ0) is 10.3. The predicted octanol–water partition coefficient (Wildman–Crippen LogP) is 1.22. The number of hydrogen-bond acceptors (Lipinski definition) is 4. The largest absolute Gasteiger partial charge is 0.475 e. The Labute approximate surface area is 80.6 Å². The fraction of sp³-hybridized carbons (Fsp3) is 0.556. The molecule has 0 unspecified atom stereocenters. The molecule has 1 aromatic heterocycles. The number of aromatic carboxylic acids is 1. The lowest BCUT2D eigenvalue weighted by atomic mass is 9.94. The SMILES string of the molecule is CC1(C)Cc2c(noc2C(=O)O)CO1. The molecule has 1 aliphatic heterocycles. The van der Waals surface area contributed by atoms with E-state index in [2.05, 4.69) is 5.16 Å². The smallest absolute Gasteiger partial charge is 0.375 e. The van der Waals surface area contributed by atoms with E-state index in [9.17, 15) is 4.79 Å². The van der Waals surface area contributed by atoms with Crippen molar-refractivity contribution in [1.82, 2.24) is 5.16 Å². The highest BCUT2D eigenvalue weighted by Gasteiger charge is 2.33. The highest BCUT2D eigenvalue weighted by atomic mass is 16.5. The molecule has 0 fully saturated rings. The van der Waals surface area contributed by atoms with Gasteiger partial charge in [0.05, 0.1) is 12.2 Å². The number of aromatic nitrogens is 1. The first-order valence-electron chi connectivity index (χ1n) is 4.34. The summed E-state index contributed by atoms with van der Waals surface area (Å²) in [5.74, 6) is -1.13. The lowest BCUT2D eigenvalue weighted by molar-refractivity contribution is -0.0418. The van der Waals surface area contributed by atoms with Crippen molar-refractivity contribution in [3.63, 3.8) is 0 Å². The average molecular weight is 197 g/mol. The molecule has 0 saturated carbocycles. The molecular formula is C9H11NO4. The second-order valence-corrected chi connectivity index (χ2v) is 3.97. The molecule has 0 atom stereocenters. The van der Waals surface area contributed by atoms with Gasteiger partial charge in [-0.2, -0.15) is 0 Å². The van der Waals surface area contributed by atoms with Crippen molar-refractivity contribution in [2.45, 2.75) is 32.5 Å². The molecule has 1 N–H and O–H groups in total. The predicted molar refractivity (Wildman–Crippen MR) is 46.0 cm³/mol. The number of carboxylic acids is 1. The Balaban J connectivity index is 2.42. The summed E-state index contributed by atoms with van der Waals surface area (Å²) >= 11 is 0. The molecule has 2 heterocycles. The first kappa shape index (κ1) is 9.21. The lowest BCUT2D eigenvalue weighted by Gasteiger charge is -2.28. The van der Waals surface area contributed by atoms with Crippen molar-refractivity contribution in [2.24, 2.45) is 0 Å². The van der Waals surface area contributed by atoms with Gasteiger partial charge in [0.1, 0.15) is 5.69 Å². The molecule has 1 aromatic rings. The summed E-state index contributed by atoms with van der Waals surface area (Å²) in [7, 11) is 0. The maximum Gasteiger partial charge on any atom is 0.375 e. The molecule has 5 heteroatoms. The van der Waals surface area contributed by atoms with Gasteiger partial charge >= 0.3 is 5.97 Å². The summed E-state index contributed by atoms with van der Waals surface area (Å²) in [4.78, 5) is 10.8. The Bertz CT molecular complexity index is 380. The number of fused-ring (bicyclic) bond motifs is 1. The van der Waals surface area contributed by atoms with Gasteiger partial charge in [-0.3, -0.25) is 0 Å². The molecule has 0 aromatic carbocycles. The van der Waals surface area contributed by atoms with Crippen molar-refractivity contribution in [2.75, 3.05) is 0 Å². The van der Waals surface area contributed by atoms with E-state index in [0.29, 0.717) is 24.3 Å². The van der Waals surface area contributed by atoms with Crippen LogP contribution in [0, 0.1) is 0 Å². The molecule has 0 bridgehead atoms. The van der Waals surface area contributed by atoms with Crippen LogP contribution in [0.15, 0.2) is 4.52 Å². The summed E-state index contributed by atoms with van der Waals surface area (Å²) in [6.45, 7) is 4.14. The maximum atomic E-state index is 10.8. The van der Waals surface area contributed by atoms with Crippen molar-refractivity contribution in [3.8, 4) is 0 Å². The van der Waals surface area contributed by atoms with Crippen molar-refractivity contribution >= 4 is 5.97 Å². The van der Waals surface area contributed by atoms with E-state index in [-0.39, 0.29) is 11.4 Å². The summed E-state index contributed by atoms with van der Waals surface area (Å²) in [6, 6.07) is 0. The van der Waals surface area contributed by atoms with E-state index >= 15 is 0 Å². The Kier molecular flexibility index (Phi) is 1.85. The van der Waals surface area contributed by atoms with Gasteiger partial charge in [-0.15, -0.1) is 0 Å². The van der Waals surface area contributed by atoms with Gasteiger partial charge < -0.3 is 14.4 Å². The number of carbonyl (C=O) groups is 1. The second kappa shape index (κ2) is 2.81. The molecule has 0 amide bonds. The Morgan fingerprint density at radius 3 is 2.93 bits per heavy atom. The molecule has 76 valence electrons. The van der Waals surface area contributed by atoms with Crippen LogP contribution in [0.1, 0.15) is 35.7 Å². The molecule has 0 saturated heterocycles. The normalized spacial score (nSPS) is 19.0. The minimum atomic E-state index is -1.07. The third-order valence-electron chi connectivity index (χ3n) is 2.27. The number of nitrogens with zero attached hydrogens (tertiary/aromatic N) is 1. The molecule has 0 radical (unpaired) electrons. The van der Waals surface area contributed by atoms with E-state index in [4.69, 9.17) is 14.4 Å². The number of hydrogen-bond donors (Lipinski definition) is 1. The quantitative estimate of drug-likeness (QED) is 0.732. The van der Waals surface area contributed by atoms with Gasteiger partial charge in [0.2, 0.25) is 5.76 Å². The minimum Gasteiger partial charge on any atom is -0.475 e. The molecule has 14 heavy (non-hydrogen) atoms. The minimum absolute atomic E-state index is 0.0589. The number of carboxylic acid groups (broad SMARTS) is 1. The zero-order valence-corrected chi connectivity index (χ0v) is 8.03. The lowest BCUT2D eigenvalue weighted by Crippen LogP contribution is -2.32. The average Bonchev–Trinajstić information content (AvgIpc) is 2.44. The molecule has 0 spiro atoms. The van der Waals surface area contributed by atoms with Gasteiger partial charge in [-0.25, -0.2) is 4.79 Å². The second-order valence-electron chi connectivity index (χ2n) is 3.97. The van der Waals surface area contributed by atoms with Gasteiger partial charge in [0.25, 0.3) is 0 Å². The summed E-state index contributed by atoms with van der Waals surface area (Å²) in [5, 5.41) is 12.5. The van der Waals surface area contributed by atoms with Crippen LogP contribution >= 0.6 is 0 Å². The summed E-state index contributed by atoms with van der Waals surface area (Å²) < 4.78 is 10.2. The third kappa shape index (κ3) is 1.39. The van der Waals surface area contributed by atoms with Crippen molar-refractivity contribution in [3.05, 3.63) is 17.0 Å². The van der Waals surface area contributed by atoms with E-state index in [1.807, 2.05) is 13.8 Å². The topological polar surface area (TPSA) is 72.6 Å². The van der Waals surface area contributed by atoms with Gasteiger partial charge in [0, 0.05) is 12.0 Å². The van der Waals surface area contributed by atoms with Gasteiger partial charge in [-0.05, 0) is 13.8 Å². The third-order valence-corrected chi connectivity index (χ3v) is 2.27. The van der Waals surface area contributed by atoms with Crippen LogP contribution in [0.25, 0.3) is 0 Å². The van der Waals surface area contributed by atoms with Crippen molar-refractivity contribution in [1.29, 1.82) is 0 Å². The van der Waals surface area contributed by atoms with E-state index in [0.717, 1.165) is 0 Å². The highest BCUT2D eigenvalue weighted by Crippen LogP contribution is 2.29. The zero-order valence-electron chi connectivity index (χ0n) is 8.03. The fourth-order valence-corrected chi connectivity index (χ4v) is 1.55. The van der Waals surface area contributed by atoms with Crippen LogP contribution in [0.3, 0.4) is 0 Å². The van der Waals surface area contributed by atoms with Crippen LogP contribution < -0.4 is 0 Å². The van der Waals surface area contributed by atoms with Crippen LogP contribution in [-0.2, 0) is 17.8 Å². The first-order valence-corrected chi connectivity index (χ1v) is 4.34. The molecular weight excluding hydrogens is 186 g/mol. The Morgan fingerprint density at radius 1 is 1.57 bits per heavy atom. The van der Waals surface area contributed by atoms with E-state index in [1.54, 1.807) is 0 Å². The fourth-order valence-electron chi connectivity index (χ4n) is 1.55. The monoisotopic (exact) mass is 197 g/mol. The molecule has 1 aliphatic rings. The molecule has 2 rings (SSSR count). The molecule has 5 nitrogen and oxygen atoms in total. The standard InChI is InChI=1S/C9H11NO4/c1-9(2)3-5-6(4-13-9)10-14-7(5)8(11)12/h3-4H2,1-2H3,(H,11,12). The van der Waals surface area contributed by atoms with Crippen LogP contribution in [-0.4, -0.2) is 21.8 Å². The van der Waals surface area contributed by atoms with Crippen molar-refractivity contribution < 1.29 is 19.2 Å². The molecule has 0 aliphatic carbocycles. The van der Waals surface area contributed by atoms with Crippen LogP contribution in [0.2, 0.25) is 0 Å². The first-order chi connectivity index (χ1) is 6.49. The Hall–Kier alpha value is -1.36. The van der Waals surface area contributed by atoms with E-state index < -0.39 is 5.97 Å². The number of ether oxygens (including phenoxy) is 1. The summed E-state index contributed by atoms with van der Waals surface area (Å²) in [5.41, 5.74) is 0.915. The maximum absolute atomic E-state index is 10.8.